The smallest absolute Gasteiger partial charge is 0.252 e. The normalized spacial score (nSPS) is 11.7. The van der Waals surface area contributed by atoms with Crippen LogP contribution in [0.4, 0.5) is 4.39 Å². The number of nitrogens with one attached hydrogen (secondary N) is 2. The minimum Gasteiger partial charge on any atom is -0.496 e. The van der Waals surface area contributed by atoms with Crippen LogP contribution in [0.25, 0.3) is 22.5 Å². The van der Waals surface area contributed by atoms with Gasteiger partial charge < -0.3 is 15.2 Å². The van der Waals surface area contributed by atoms with E-state index in [0.717, 1.165) is 5.69 Å². The van der Waals surface area contributed by atoms with Crippen LogP contribution >= 0.6 is 0 Å². The standard InChI is InChI=1S/C25H23FN4O3/c1-33-24-12-16(26)9-10-21(24)23-14-22(29-30-23)19-7-2-3-8-20(19)25(32)28-18(15-31)13-17-6-4-5-11-27-17/h2-12,14,18,31H,13,15H2,1H3,(H,28,32)(H,29,30)/t18-/m1/s1. The van der Waals surface area contributed by atoms with Crippen molar-refractivity contribution in [3.8, 4) is 28.3 Å². The summed E-state index contributed by atoms with van der Waals surface area (Å²) in [4.78, 5) is 17.3. The molecule has 1 amide bonds. The number of pyridine rings is 1. The lowest BCUT2D eigenvalue weighted by molar-refractivity contribution is 0.0917. The summed E-state index contributed by atoms with van der Waals surface area (Å²) in [5.74, 6) is -0.368. The Bertz CT molecular complexity index is 1240. The summed E-state index contributed by atoms with van der Waals surface area (Å²) in [5, 5.41) is 19.9. The number of amides is 1. The Morgan fingerprint density at radius 2 is 1.94 bits per heavy atom. The number of aromatic nitrogens is 3. The van der Waals surface area contributed by atoms with Gasteiger partial charge in [0.2, 0.25) is 0 Å². The first-order valence-corrected chi connectivity index (χ1v) is 10.4. The van der Waals surface area contributed by atoms with Crippen molar-refractivity contribution in [1.29, 1.82) is 0 Å². The molecule has 0 fully saturated rings. The second-order valence-electron chi connectivity index (χ2n) is 7.44. The van der Waals surface area contributed by atoms with E-state index in [1.54, 1.807) is 36.5 Å². The summed E-state index contributed by atoms with van der Waals surface area (Å²) < 4.78 is 18.8. The molecule has 0 aliphatic carbocycles. The monoisotopic (exact) mass is 446 g/mol. The minimum atomic E-state index is -0.485. The van der Waals surface area contributed by atoms with Gasteiger partial charge in [0.05, 0.1) is 31.1 Å². The summed E-state index contributed by atoms with van der Waals surface area (Å²) in [5.41, 5.74) is 3.64. The van der Waals surface area contributed by atoms with Crippen LogP contribution < -0.4 is 10.1 Å². The molecule has 7 nitrogen and oxygen atoms in total. The Hall–Kier alpha value is -4.04. The van der Waals surface area contributed by atoms with E-state index in [4.69, 9.17) is 4.74 Å². The number of halogens is 1. The Kier molecular flexibility index (Phi) is 6.75. The highest BCUT2D eigenvalue weighted by Crippen LogP contribution is 2.32. The molecule has 0 spiro atoms. The van der Waals surface area contributed by atoms with Gasteiger partial charge in [-0.2, -0.15) is 5.10 Å². The third-order valence-electron chi connectivity index (χ3n) is 5.22. The molecular weight excluding hydrogens is 423 g/mol. The molecule has 4 rings (SSSR count). The van der Waals surface area contributed by atoms with Crippen molar-refractivity contribution in [1.82, 2.24) is 20.5 Å². The van der Waals surface area contributed by atoms with E-state index in [-0.39, 0.29) is 12.5 Å². The number of benzene rings is 2. The molecule has 2 heterocycles. The van der Waals surface area contributed by atoms with E-state index >= 15 is 0 Å². The fourth-order valence-electron chi connectivity index (χ4n) is 3.59. The van der Waals surface area contributed by atoms with Crippen LogP contribution in [0.3, 0.4) is 0 Å². The average molecular weight is 446 g/mol. The molecular formula is C25H23FN4O3. The van der Waals surface area contributed by atoms with Crippen LogP contribution in [0.15, 0.2) is 72.9 Å². The van der Waals surface area contributed by atoms with E-state index in [1.807, 2.05) is 24.3 Å². The maximum Gasteiger partial charge on any atom is 0.252 e. The number of aromatic amines is 1. The molecule has 8 heteroatoms. The number of carbonyl (C=O) groups excluding carboxylic acids is 1. The molecule has 0 bridgehead atoms. The molecule has 0 saturated carbocycles. The summed E-state index contributed by atoms with van der Waals surface area (Å²) in [7, 11) is 1.47. The Morgan fingerprint density at radius 1 is 1.12 bits per heavy atom. The van der Waals surface area contributed by atoms with Gasteiger partial charge in [0.1, 0.15) is 11.6 Å². The summed E-state index contributed by atoms with van der Waals surface area (Å²) in [6.07, 6.45) is 2.08. The van der Waals surface area contributed by atoms with Crippen LogP contribution in [0.2, 0.25) is 0 Å². The Labute approximate surface area is 190 Å². The number of aliphatic hydroxyl groups excluding tert-OH is 1. The number of aliphatic hydroxyl groups is 1. The lowest BCUT2D eigenvalue weighted by atomic mass is 10.0. The largest absolute Gasteiger partial charge is 0.496 e. The van der Waals surface area contributed by atoms with Crippen LogP contribution in [0, 0.1) is 5.82 Å². The van der Waals surface area contributed by atoms with Crippen molar-refractivity contribution in [2.75, 3.05) is 13.7 Å². The van der Waals surface area contributed by atoms with Crippen LogP contribution in [0.5, 0.6) is 5.75 Å². The van der Waals surface area contributed by atoms with Crippen molar-refractivity contribution < 1.29 is 19.0 Å². The SMILES string of the molecule is COc1cc(F)ccc1-c1cc(-c2ccccc2C(=O)N[C@@H](CO)Cc2ccccn2)[nH]n1. The molecule has 0 saturated heterocycles. The molecule has 0 unspecified atom stereocenters. The van der Waals surface area contributed by atoms with Gasteiger partial charge >= 0.3 is 0 Å². The molecule has 33 heavy (non-hydrogen) atoms. The average Bonchev–Trinajstić information content (AvgIpc) is 3.34. The van der Waals surface area contributed by atoms with E-state index in [1.165, 1.54) is 19.2 Å². The number of hydrogen-bond acceptors (Lipinski definition) is 5. The van der Waals surface area contributed by atoms with Crippen LogP contribution in [-0.2, 0) is 6.42 Å². The molecule has 3 N–H and O–H groups in total. The first-order valence-electron chi connectivity index (χ1n) is 10.4. The highest BCUT2D eigenvalue weighted by Gasteiger charge is 2.19. The Balaban J connectivity index is 1.59. The van der Waals surface area contributed by atoms with Gasteiger partial charge in [-0.05, 0) is 36.4 Å². The molecule has 1 atom stereocenters. The fraction of sp³-hybridized carbons (Fsp3) is 0.160. The van der Waals surface area contributed by atoms with E-state index in [9.17, 15) is 14.3 Å². The van der Waals surface area contributed by atoms with Crippen molar-refractivity contribution in [2.45, 2.75) is 12.5 Å². The number of rotatable bonds is 8. The van der Waals surface area contributed by atoms with E-state index in [2.05, 4.69) is 20.5 Å². The molecule has 4 aromatic rings. The van der Waals surface area contributed by atoms with Gasteiger partial charge in [-0.3, -0.25) is 14.9 Å². The molecule has 0 radical (unpaired) electrons. The van der Waals surface area contributed by atoms with Gasteiger partial charge in [0.15, 0.2) is 0 Å². The highest BCUT2D eigenvalue weighted by atomic mass is 19.1. The van der Waals surface area contributed by atoms with E-state index in [0.29, 0.717) is 40.2 Å². The highest BCUT2D eigenvalue weighted by molar-refractivity contribution is 6.00. The third-order valence-corrected chi connectivity index (χ3v) is 5.22. The topological polar surface area (TPSA) is 100 Å². The number of H-pyrrole nitrogens is 1. The lowest BCUT2D eigenvalue weighted by Crippen LogP contribution is -2.39. The minimum absolute atomic E-state index is 0.219. The van der Waals surface area contributed by atoms with Gasteiger partial charge in [-0.15, -0.1) is 0 Å². The zero-order valence-electron chi connectivity index (χ0n) is 18.0. The number of nitrogens with zero attached hydrogens (tertiary/aromatic N) is 2. The molecule has 2 aromatic heterocycles. The van der Waals surface area contributed by atoms with Gasteiger partial charge in [0, 0.05) is 41.1 Å². The molecule has 0 aliphatic rings. The van der Waals surface area contributed by atoms with Gasteiger partial charge in [-0.25, -0.2) is 4.39 Å². The fourth-order valence-corrected chi connectivity index (χ4v) is 3.59. The van der Waals surface area contributed by atoms with Crippen molar-refractivity contribution in [3.05, 3.63) is 90.0 Å². The molecule has 168 valence electrons. The van der Waals surface area contributed by atoms with Crippen molar-refractivity contribution in [2.24, 2.45) is 0 Å². The predicted molar refractivity (Wildman–Crippen MR) is 122 cm³/mol. The maximum atomic E-state index is 13.6. The lowest BCUT2D eigenvalue weighted by Gasteiger charge is -2.17. The summed E-state index contributed by atoms with van der Waals surface area (Å²) in [6, 6.07) is 18.1. The number of carbonyl (C=O) groups is 1. The zero-order chi connectivity index (χ0) is 23.2. The van der Waals surface area contributed by atoms with E-state index < -0.39 is 11.9 Å². The first-order chi connectivity index (χ1) is 16.1. The summed E-state index contributed by atoms with van der Waals surface area (Å²) in [6.45, 7) is -0.219. The maximum absolute atomic E-state index is 13.6. The first kappa shape index (κ1) is 22.2. The number of ether oxygens (including phenoxy) is 1. The number of hydrogen-bond donors (Lipinski definition) is 3. The van der Waals surface area contributed by atoms with Gasteiger partial charge in [-0.1, -0.05) is 24.3 Å². The third kappa shape index (κ3) is 5.07. The van der Waals surface area contributed by atoms with Crippen molar-refractivity contribution in [3.63, 3.8) is 0 Å². The summed E-state index contributed by atoms with van der Waals surface area (Å²) >= 11 is 0. The molecule has 0 aliphatic heterocycles. The quantitative estimate of drug-likeness (QED) is 0.384. The predicted octanol–water partition coefficient (Wildman–Crippen LogP) is 3.62. The molecule has 2 aromatic carbocycles. The number of methoxy groups -OCH3 is 1. The Morgan fingerprint density at radius 3 is 2.70 bits per heavy atom. The second-order valence-corrected chi connectivity index (χ2v) is 7.44. The van der Waals surface area contributed by atoms with Crippen LogP contribution in [0.1, 0.15) is 16.1 Å². The van der Waals surface area contributed by atoms with Crippen LogP contribution in [-0.4, -0.2) is 46.0 Å². The second kappa shape index (κ2) is 10.1. The zero-order valence-corrected chi connectivity index (χ0v) is 18.0. The van der Waals surface area contributed by atoms with Gasteiger partial charge in [0.25, 0.3) is 5.91 Å². The van der Waals surface area contributed by atoms with Crippen molar-refractivity contribution >= 4 is 5.91 Å².